The van der Waals surface area contributed by atoms with Crippen molar-refractivity contribution in [2.24, 2.45) is 10.9 Å². The van der Waals surface area contributed by atoms with Gasteiger partial charge >= 0.3 is 0 Å². The van der Waals surface area contributed by atoms with Gasteiger partial charge in [-0.1, -0.05) is 24.3 Å². The maximum atomic E-state index is 14.2. The number of aliphatic imine (C=N–C) groups is 1. The molecule has 0 unspecified atom stereocenters. The Kier molecular flexibility index (Phi) is 7.86. The van der Waals surface area contributed by atoms with Gasteiger partial charge < -0.3 is 15.4 Å². The van der Waals surface area contributed by atoms with Crippen molar-refractivity contribution in [3.8, 4) is 11.9 Å². The number of ether oxygens (including phenoxy) is 1. The zero-order valence-corrected chi connectivity index (χ0v) is 20.0. The van der Waals surface area contributed by atoms with Gasteiger partial charge in [0.15, 0.2) is 6.19 Å². The molecule has 0 bridgehead atoms. The molecule has 0 aliphatic heterocycles. The lowest BCUT2D eigenvalue weighted by atomic mass is 9.68. The summed E-state index contributed by atoms with van der Waals surface area (Å²) >= 11 is 0. The van der Waals surface area contributed by atoms with E-state index in [1.807, 2.05) is 18.3 Å². The zero-order valence-electron chi connectivity index (χ0n) is 20.0. The molecule has 2 fully saturated rings. The highest BCUT2D eigenvalue weighted by Gasteiger charge is 2.38. The van der Waals surface area contributed by atoms with Crippen molar-refractivity contribution < 1.29 is 13.9 Å². The second-order valence-electron chi connectivity index (χ2n) is 9.46. The number of methoxy groups -OCH3 is 1. The number of para-hydroxylation sites is 1. The number of carbonyl (C=O) groups excluding carboxylic acids is 1. The van der Waals surface area contributed by atoms with E-state index in [1.165, 1.54) is 26.0 Å². The van der Waals surface area contributed by atoms with E-state index in [4.69, 9.17) is 10.00 Å². The minimum Gasteiger partial charge on any atom is -0.496 e. The quantitative estimate of drug-likeness (QED) is 0.232. The van der Waals surface area contributed by atoms with Crippen molar-refractivity contribution in [3.05, 3.63) is 65.5 Å². The maximum absolute atomic E-state index is 14.2. The molecule has 1 amide bonds. The average molecular weight is 478 g/mol. The molecule has 2 aliphatic carbocycles. The van der Waals surface area contributed by atoms with Crippen LogP contribution in [0.25, 0.3) is 0 Å². The fourth-order valence-electron chi connectivity index (χ4n) is 4.77. The number of halogens is 1. The first kappa shape index (κ1) is 24.5. The van der Waals surface area contributed by atoms with E-state index >= 15 is 0 Å². The van der Waals surface area contributed by atoms with Crippen LogP contribution in [0, 0.1) is 23.2 Å². The molecule has 0 heterocycles. The van der Waals surface area contributed by atoms with Crippen molar-refractivity contribution in [1.82, 2.24) is 16.0 Å². The van der Waals surface area contributed by atoms with Crippen LogP contribution in [0.15, 0.2) is 53.5 Å². The van der Waals surface area contributed by atoms with Crippen molar-refractivity contribution in [2.45, 2.75) is 50.0 Å². The van der Waals surface area contributed by atoms with Crippen LogP contribution >= 0.6 is 0 Å². The van der Waals surface area contributed by atoms with Crippen molar-refractivity contribution in [1.29, 1.82) is 5.26 Å². The molecule has 0 saturated heterocycles. The molecule has 2 aliphatic rings. The SMILES string of the molecule is COc1ccccc1C(=O)NCC1(c2cccc(F)c2)CCC(NC(=NCC2CC2)NC#N)CC1. The van der Waals surface area contributed by atoms with Crippen LogP contribution in [0.3, 0.4) is 0 Å². The van der Waals surface area contributed by atoms with Gasteiger partial charge in [-0.15, -0.1) is 0 Å². The Morgan fingerprint density at radius 1 is 1.17 bits per heavy atom. The number of hydrogen-bond acceptors (Lipinski definition) is 4. The first-order valence-corrected chi connectivity index (χ1v) is 12.2. The predicted octanol–water partition coefficient (Wildman–Crippen LogP) is 3.87. The number of amides is 1. The third-order valence-electron chi connectivity index (χ3n) is 7.04. The fraction of sp³-hybridized carbons (Fsp3) is 0.444. The molecule has 0 aromatic heterocycles. The van der Waals surface area contributed by atoms with E-state index in [-0.39, 0.29) is 17.8 Å². The molecule has 7 nitrogen and oxygen atoms in total. The summed E-state index contributed by atoms with van der Waals surface area (Å²) in [6.45, 7) is 1.12. The second-order valence-corrected chi connectivity index (χ2v) is 9.46. The lowest BCUT2D eigenvalue weighted by molar-refractivity contribution is 0.0932. The summed E-state index contributed by atoms with van der Waals surface area (Å²) in [6, 6.07) is 13.9. The summed E-state index contributed by atoms with van der Waals surface area (Å²) in [5.74, 6) is 1.16. The fourth-order valence-corrected chi connectivity index (χ4v) is 4.77. The van der Waals surface area contributed by atoms with Crippen LogP contribution in [0.5, 0.6) is 5.75 Å². The smallest absolute Gasteiger partial charge is 0.255 e. The first-order valence-electron chi connectivity index (χ1n) is 12.2. The lowest BCUT2D eigenvalue weighted by Crippen LogP contribution is -2.49. The molecule has 4 rings (SSSR count). The molecule has 35 heavy (non-hydrogen) atoms. The molecule has 2 saturated carbocycles. The molecule has 184 valence electrons. The third kappa shape index (κ3) is 6.30. The number of nitrogens with zero attached hydrogens (tertiary/aromatic N) is 2. The summed E-state index contributed by atoms with van der Waals surface area (Å²) < 4.78 is 19.5. The number of benzene rings is 2. The van der Waals surface area contributed by atoms with Crippen LogP contribution in [-0.4, -0.2) is 38.1 Å². The van der Waals surface area contributed by atoms with Crippen LogP contribution < -0.4 is 20.7 Å². The molecule has 0 atom stereocenters. The Morgan fingerprint density at radius 2 is 1.94 bits per heavy atom. The summed E-state index contributed by atoms with van der Waals surface area (Å²) in [5, 5.41) is 18.2. The molecule has 2 aromatic carbocycles. The number of rotatable bonds is 8. The van der Waals surface area contributed by atoms with Gasteiger partial charge in [-0.2, -0.15) is 5.26 Å². The minimum atomic E-state index is -0.397. The monoisotopic (exact) mass is 477 g/mol. The highest BCUT2D eigenvalue weighted by Crippen LogP contribution is 2.39. The van der Waals surface area contributed by atoms with Gasteiger partial charge in [0.2, 0.25) is 5.96 Å². The van der Waals surface area contributed by atoms with Gasteiger partial charge in [0.25, 0.3) is 5.91 Å². The second kappa shape index (κ2) is 11.2. The van der Waals surface area contributed by atoms with Crippen LogP contribution in [-0.2, 0) is 5.41 Å². The Balaban J connectivity index is 1.46. The molecule has 3 N–H and O–H groups in total. The first-order chi connectivity index (χ1) is 17.0. The molecular weight excluding hydrogens is 445 g/mol. The number of carbonyl (C=O) groups is 1. The Labute approximate surface area is 205 Å². The molecule has 2 aromatic rings. The molecule has 0 spiro atoms. The summed E-state index contributed by atoms with van der Waals surface area (Å²) in [6.07, 6.45) is 7.47. The Hall–Kier alpha value is -3.60. The number of guanidine groups is 1. The highest BCUT2D eigenvalue weighted by molar-refractivity contribution is 5.97. The van der Waals surface area contributed by atoms with Crippen molar-refractivity contribution in [3.63, 3.8) is 0 Å². The third-order valence-corrected chi connectivity index (χ3v) is 7.04. The highest BCUT2D eigenvalue weighted by atomic mass is 19.1. The van der Waals surface area contributed by atoms with E-state index in [0.29, 0.717) is 29.7 Å². The van der Waals surface area contributed by atoms with E-state index in [9.17, 15) is 9.18 Å². The van der Waals surface area contributed by atoms with Gasteiger partial charge in [0.1, 0.15) is 11.6 Å². The van der Waals surface area contributed by atoms with E-state index in [2.05, 4.69) is 20.9 Å². The topological polar surface area (TPSA) is 98.5 Å². The van der Waals surface area contributed by atoms with E-state index in [0.717, 1.165) is 37.8 Å². The van der Waals surface area contributed by atoms with Gasteiger partial charge in [-0.3, -0.25) is 15.1 Å². The molecular formula is C27H32FN5O2. The lowest BCUT2D eigenvalue weighted by Gasteiger charge is -2.41. The van der Waals surface area contributed by atoms with E-state index in [1.54, 1.807) is 30.3 Å². The van der Waals surface area contributed by atoms with Gasteiger partial charge in [0.05, 0.1) is 12.7 Å². The number of nitrogens with one attached hydrogen (secondary N) is 3. The summed E-state index contributed by atoms with van der Waals surface area (Å²) in [4.78, 5) is 17.5. The predicted molar refractivity (Wildman–Crippen MR) is 133 cm³/mol. The van der Waals surface area contributed by atoms with Crippen molar-refractivity contribution >= 4 is 11.9 Å². The van der Waals surface area contributed by atoms with Crippen LogP contribution in [0.4, 0.5) is 4.39 Å². The standard InChI is InChI=1S/C27H32FN5O2/c1-35-24-8-3-2-7-23(24)25(34)31-17-27(20-5-4-6-21(28)15-20)13-11-22(12-14-27)33-26(32-18-29)30-16-19-9-10-19/h2-8,15,19,22H,9-14,16-17H2,1H3,(H,31,34)(H2,30,32,33). The minimum absolute atomic E-state index is 0.139. The normalized spacial score (nSPS) is 22.1. The Morgan fingerprint density at radius 3 is 2.63 bits per heavy atom. The largest absolute Gasteiger partial charge is 0.496 e. The van der Waals surface area contributed by atoms with Gasteiger partial charge in [-0.05, 0) is 74.3 Å². The Bertz CT molecular complexity index is 1100. The zero-order chi connectivity index (χ0) is 24.7. The maximum Gasteiger partial charge on any atom is 0.255 e. The van der Waals surface area contributed by atoms with E-state index < -0.39 is 5.41 Å². The number of nitriles is 1. The van der Waals surface area contributed by atoms with Crippen LogP contribution in [0.1, 0.15) is 54.4 Å². The van der Waals surface area contributed by atoms with Crippen LogP contribution in [0.2, 0.25) is 0 Å². The van der Waals surface area contributed by atoms with Crippen molar-refractivity contribution in [2.75, 3.05) is 20.2 Å². The molecule has 0 radical (unpaired) electrons. The number of hydrogen-bond donors (Lipinski definition) is 3. The van der Waals surface area contributed by atoms with Gasteiger partial charge in [0, 0.05) is 24.5 Å². The summed E-state index contributed by atoms with van der Waals surface area (Å²) in [7, 11) is 1.54. The summed E-state index contributed by atoms with van der Waals surface area (Å²) in [5.41, 5.74) is 0.958. The average Bonchev–Trinajstić information content (AvgIpc) is 3.71. The molecule has 8 heteroatoms. The van der Waals surface area contributed by atoms with Gasteiger partial charge in [-0.25, -0.2) is 4.39 Å².